The molecule has 1 aliphatic rings. The number of rotatable bonds is 4. The summed E-state index contributed by atoms with van der Waals surface area (Å²) in [4.78, 5) is 23.9. The molecule has 0 amide bonds. The van der Waals surface area contributed by atoms with Crippen LogP contribution in [-0.4, -0.2) is 40.1 Å². The summed E-state index contributed by atoms with van der Waals surface area (Å²) in [7, 11) is 1.29. The number of esters is 2. The first-order chi connectivity index (χ1) is 11.6. The Balaban J connectivity index is 1.76. The van der Waals surface area contributed by atoms with Crippen LogP contribution in [0.4, 0.5) is 0 Å². The first-order valence-corrected chi connectivity index (χ1v) is 7.85. The van der Waals surface area contributed by atoms with Gasteiger partial charge in [-0.15, -0.1) is 5.10 Å². The van der Waals surface area contributed by atoms with E-state index >= 15 is 0 Å². The summed E-state index contributed by atoms with van der Waals surface area (Å²) in [6.07, 6.45) is 6.17. The number of carbonyl (C=O) groups excluding carboxylic acids is 2. The van der Waals surface area contributed by atoms with E-state index < -0.39 is 11.9 Å². The van der Waals surface area contributed by atoms with E-state index in [4.69, 9.17) is 9.15 Å². The highest BCUT2D eigenvalue weighted by molar-refractivity contribution is 5.90. The van der Waals surface area contributed by atoms with Crippen molar-refractivity contribution in [3.05, 3.63) is 35.5 Å². The molecule has 0 saturated heterocycles. The molecule has 2 heterocycles. The Labute approximate surface area is 138 Å². The number of aryl methyl sites for hydroxylation is 1. The second-order valence-electron chi connectivity index (χ2n) is 5.76. The molecule has 2 aromatic rings. The quantitative estimate of drug-likeness (QED) is 0.792. The molecule has 0 unspecified atom stereocenters. The van der Waals surface area contributed by atoms with Crippen LogP contribution in [0.1, 0.15) is 58.3 Å². The van der Waals surface area contributed by atoms with Crippen molar-refractivity contribution in [1.82, 2.24) is 15.0 Å². The van der Waals surface area contributed by atoms with Gasteiger partial charge in [-0.2, -0.15) is 0 Å². The summed E-state index contributed by atoms with van der Waals surface area (Å²) in [6.45, 7) is 1.72. The second kappa shape index (κ2) is 6.86. The molecule has 0 N–H and O–H groups in total. The molecule has 1 saturated carbocycles. The highest BCUT2D eigenvalue weighted by Gasteiger charge is 2.32. The number of ether oxygens (including phenoxy) is 2. The van der Waals surface area contributed by atoms with Crippen LogP contribution in [0.3, 0.4) is 0 Å². The lowest BCUT2D eigenvalue weighted by Crippen LogP contribution is -2.32. The molecule has 0 spiro atoms. The number of hydrogen-bond donors (Lipinski definition) is 0. The summed E-state index contributed by atoms with van der Waals surface area (Å²) in [6, 6.07) is 1.45. The Morgan fingerprint density at radius 3 is 2.79 bits per heavy atom. The van der Waals surface area contributed by atoms with Gasteiger partial charge in [-0.25, -0.2) is 14.3 Å². The Kier molecular flexibility index (Phi) is 4.64. The monoisotopic (exact) mass is 333 g/mol. The molecule has 24 heavy (non-hydrogen) atoms. The Morgan fingerprint density at radius 2 is 2.08 bits per heavy atom. The van der Waals surface area contributed by atoms with E-state index in [2.05, 4.69) is 15.0 Å². The van der Waals surface area contributed by atoms with Crippen molar-refractivity contribution in [3.63, 3.8) is 0 Å². The fraction of sp³-hybridized carbons (Fsp3) is 0.500. The fourth-order valence-corrected chi connectivity index (χ4v) is 2.95. The predicted octanol–water partition coefficient (Wildman–Crippen LogP) is 2.31. The third kappa shape index (κ3) is 3.17. The van der Waals surface area contributed by atoms with Gasteiger partial charge in [0, 0.05) is 0 Å². The maximum absolute atomic E-state index is 12.3. The Hall–Kier alpha value is -2.64. The number of hydrogen-bond acceptors (Lipinski definition) is 7. The van der Waals surface area contributed by atoms with Crippen LogP contribution in [0.25, 0.3) is 0 Å². The van der Waals surface area contributed by atoms with Crippen molar-refractivity contribution in [3.8, 4) is 0 Å². The third-order valence-corrected chi connectivity index (χ3v) is 4.25. The van der Waals surface area contributed by atoms with Crippen molar-refractivity contribution >= 4 is 11.9 Å². The second-order valence-corrected chi connectivity index (χ2v) is 5.76. The first-order valence-electron chi connectivity index (χ1n) is 7.85. The van der Waals surface area contributed by atoms with E-state index in [1.54, 1.807) is 17.7 Å². The van der Waals surface area contributed by atoms with Crippen LogP contribution < -0.4 is 0 Å². The van der Waals surface area contributed by atoms with Gasteiger partial charge in [-0.05, 0) is 32.3 Å². The van der Waals surface area contributed by atoms with Crippen molar-refractivity contribution < 1.29 is 23.5 Å². The molecule has 8 nitrogen and oxygen atoms in total. The standard InChI is InChI=1S/C16H19N3O5/c1-10-11(7-8-23-10)15(20)24-14-6-4-3-5-13(14)19-9-12(17-18-19)16(21)22-2/h7-9,13-14H,3-6H2,1-2H3/t13-,14-/m1/s1. The minimum absolute atomic E-state index is 0.138. The van der Waals surface area contributed by atoms with E-state index in [0.717, 1.165) is 25.7 Å². The highest BCUT2D eigenvalue weighted by atomic mass is 16.5. The minimum atomic E-state index is -0.542. The topological polar surface area (TPSA) is 96.5 Å². The molecular weight excluding hydrogens is 314 g/mol. The van der Waals surface area contributed by atoms with Gasteiger partial charge in [0.15, 0.2) is 5.69 Å². The van der Waals surface area contributed by atoms with Gasteiger partial charge in [0.25, 0.3) is 0 Å². The van der Waals surface area contributed by atoms with Crippen LogP contribution in [0, 0.1) is 6.92 Å². The molecule has 1 aliphatic carbocycles. The lowest BCUT2D eigenvalue weighted by Gasteiger charge is -2.30. The highest BCUT2D eigenvalue weighted by Crippen LogP contribution is 2.31. The largest absolute Gasteiger partial charge is 0.469 e. The molecule has 128 valence electrons. The molecule has 0 aliphatic heterocycles. The molecule has 0 aromatic carbocycles. The van der Waals surface area contributed by atoms with E-state index in [-0.39, 0.29) is 17.8 Å². The smallest absolute Gasteiger partial charge is 0.360 e. The third-order valence-electron chi connectivity index (χ3n) is 4.25. The van der Waals surface area contributed by atoms with Crippen LogP contribution in [-0.2, 0) is 9.47 Å². The lowest BCUT2D eigenvalue weighted by atomic mass is 9.92. The molecule has 0 bridgehead atoms. The van der Waals surface area contributed by atoms with Gasteiger partial charge < -0.3 is 13.9 Å². The van der Waals surface area contributed by atoms with E-state index in [9.17, 15) is 9.59 Å². The first kappa shape index (κ1) is 16.2. The van der Waals surface area contributed by atoms with Crippen molar-refractivity contribution in [1.29, 1.82) is 0 Å². The fourth-order valence-electron chi connectivity index (χ4n) is 2.95. The van der Waals surface area contributed by atoms with Crippen LogP contribution in [0.5, 0.6) is 0 Å². The van der Waals surface area contributed by atoms with Gasteiger partial charge in [0.1, 0.15) is 17.4 Å². The average molecular weight is 333 g/mol. The van der Waals surface area contributed by atoms with Crippen molar-refractivity contribution in [2.24, 2.45) is 0 Å². The van der Waals surface area contributed by atoms with Crippen LogP contribution in [0.15, 0.2) is 22.9 Å². The summed E-state index contributed by atoms with van der Waals surface area (Å²) in [5.74, 6) is -0.424. The van der Waals surface area contributed by atoms with Crippen LogP contribution >= 0.6 is 0 Å². The zero-order chi connectivity index (χ0) is 17.1. The zero-order valence-electron chi connectivity index (χ0n) is 13.6. The van der Waals surface area contributed by atoms with Crippen molar-refractivity contribution in [2.45, 2.75) is 44.8 Å². The van der Waals surface area contributed by atoms with E-state index in [0.29, 0.717) is 11.3 Å². The number of carbonyl (C=O) groups is 2. The number of aromatic nitrogens is 3. The van der Waals surface area contributed by atoms with Gasteiger partial charge in [-0.3, -0.25) is 0 Å². The Bertz CT molecular complexity index is 736. The normalized spacial score (nSPS) is 20.6. The summed E-state index contributed by atoms with van der Waals surface area (Å²) >= 11 is 0. The average Bonchev–Trinajstić information content (AvgIpc) is 3.23. The predicted molar refractivity (Wildman–Crippen MR) is 81.5 cm³/mol. The van der Waals surface area contributed by atoms with E-state index in [1.807, 2.05) is 0 Å². The van der Waals surface area contributed by atoms with Crippen molar-refractivity contribution in [2.75, 3.05) is 7.11 Å². The molecule has 8 heteroatoms. The number of methoxy groups -OCH3 is 1. The zero-order valence-corrected chi connectivity index (χ0v) is 13.6. The SMILES string of the molecule is COC(=O)c1cn([C@@H]2CCCC[C@H]2OC(=O)c2ccoc2C)nn1. The summed E-state index contributed by atoms with van der Waals surface area (Å²) < 4.78 is 17.1. The van der Waals surface area contributed by atoms with Crippen LogP contribution in [0.2, 0.25) is 0 Å². The molecule has 2 atom stereocenters. The van der Waals surface area contributed by atoms with Gasteiger partial charge in [0.05, 0.1) is 25.6 Å². The molecule has 3 rings (SSSR count). The maximum atomic E-state index is 12.3. The molecule has 0 radical (unpaired) electrons. The molecular formula is C16H19N3O5. The maximum Gasteiger partial charge on any atom is 0.360 e. The van der Waals surface area contributed by atoms with Gasteiger partial charge in [-0.1, -0.05) is 11.6 Å². The summed E-state index contributed by atoms with van der Waals surface area (Å²) in [5, 5.41) is 7.83. The minimum Gasteiger partial charge on any atom is -0.469 e. The molecule has 1 fully saturated rings. The van der Waals surface area contributed by atoms with Gasteiger partial charge >= 0.3 is 11.9 Å². The summed E-state index contributed by atoms with van der Waals surface area (Å²) in [5.41, 5.74) is 0.562. The lowest BCUT2D eigenvalue weighted by molar-refractivity contribution is 0.00157. The molecule has 2 aromatic heterocycles. The Morgan fingerprint density at radius 1 is 1.29 bits per heavy atom. The van der Waals surface area contributed by atoms with E-state index in [1.165, 1.54) is 19.6 Å². The van der Waals surface area contributed by atoms with Gasteiger partial charge in [0.2, 0.25) is 0 Å². The number of furan rings is 1. The number of nitrogens with zero attached hydrogens (tertiary/aromatic N) is 3.